The third-order valence-electron chi connectivity index (χ3n) is 3.38. The first-order valence-electron chi connectivity index (χ1n) is 6.20. The van der Waals surface area contributed by atoms with Gasteiger partial charge in [-0.2, -0.15) is 0 Å². The summed E-state index contributed by atoms with van der Waals surface area (Å²) in [7, 11) is 1.49. The van der Waals surface area contributed by atoms with E-state index in [1.54, 1.807) is 6.07 Å². The Hall–Kier alpha value is -1.66. The lowest BCUT2D eigenvalue weighted by atomic mass is 9.90. The van der Waals surface area contributed by atoms with Gasteiger partial charge in [0.1, 0.15) is 5.75 Å². The van der Waals surface area contributed by atoms with Gasteiger partial charge in [0.2, 0.25) is 0 Å². The number of hydrogen-bond acceptors (Lipinski definition) is 5. The van der Waals surface area contributed by atoms with Crippen molar-refractivity contribution in [1.82, 2.24) is 10.3 Å². The van der Waals surface area contributed by atoms with Crippen molar-refractivity contribution < 1.29 is 19.4 Å². The molecule has 1 aromatic rings. The minimum Gasteiger partial charge on any atom is -0.494 e. The number of hydrogen-bond donors (Lipinski definition) is 2. The molecular weight excluding hydrogens is 248 g/mol. The lowest BCUT2D eigenvalue weighted by Gasteiger charge is -2.36. The maximum Gasteiger partial charge on any atom is 0.255 e. The van der Waals surface area contributed by atoms with Crippen LogP contribution >= 0.6 is 0 Å². The third kappa shape index (κ3) is 3.02. The van der Waals surface area contributed by atoms with Gasteiger partial charge in [-0.3, -0.25) is 9.78 Å². The predicted octanol–water partition coefficient (Wildman–Crippen LogP) is 0.361. The number of pyridine rings is 1. The van der Waals surface area contributed by atoms with Crippen LogP contribution in [0.15, 0.2) is 18.5 Å². The number of nitrogens with one attached hydrogen (secondary N) is 1. The van der Waals surface area contributed by atoms with Gasteiger partial charge >= 0.3 is 0 Å². The zero-order chi connectivity index (χ0) is 13.7. The van der Waals surface area contributed by atoms with E-state index in [2.05, 4.69) is 10.3 Å². The molecular formula is C13H18N2O4. The number of nitrogens with zero attached hydrogens (tertiary/aromatic N) is 1. The molecule has 6 nitrogen and oxygen atoms in total. The van der Waals surface area contributed by atoms with Crippen LogP contribution in [0.1, 0.15) is 23.2 Å². The Bertz CT molecular complexity index is 444. The summed E-state index contributed by atoms with van der Waals surface area (Å²) < 4.78 is 10.4. The molecule has 1 aliphatic rings. The highest BCUT2D eigenvalue weighted by Crippen LogP contribution is 2.22. The first-order chi connectivity index (χ1) is 9.21. The number of rotatable bonds is 4. The smallest absolute Gasteiger partial charge is 0.255 e. The number of ether oxygens (including phenoxy) is 2. The van der Waals surface area contributed by atoms with Crippen molar-refractivity contribution in [3.63, 3.8) is 0 Å². The van der Waals surface area contributed by atoms with Crippen molar-refractivity contribution in [1.29, 1.82) is 0 Å². The van der Waals surface area contributed by atoms with Gasteiger partial charge in [-0.05, 0) is 18.9 Å². The summed E-state index contributed by atoms with van der Waals surface area (Å²) in [4.78, 5) is 16.2. The number of carbonyl (C=O) groups is 1. The second-order valence-corrected chi connectivity index (χ2v) is 4.58. The first-order valence-corrected chi connectivity index (χ1v) is 6.20. The Morgan fingerprint density at radius 2 is 2.32 bits per heavy atom. The second-order valence-electron chi connectivity index (χ2n) is 4.58. The summed E-state index contributed by atoms with van der Waals surface area (Å²) in [5.41, 5.74) is -0.194. The maximum absolute atomic E-state index is 12.3. The molecule has 6 heteroatoms. The van der Waals surface area contributed by atoms with Crippen molar-refractivity contribution in [3.8, 4) is 5.75 Å². The summed E-state index contributed by atoms with van der Waals surface area (Å²) in [6, 6.07) is 1.60. The molecule has 1 aliphatic heterocycles. The molecule has 0 aliphatic carbocycles. The molecule has 0 saturated carbocycles. The molecule has 0 unspecified atom stereocenters. The molecule has 19 heavy (non-hydrogen) atoms. The fourth-order valence-electron chi connectivity index (χ4n) is 2.12. The molecule has 104 valence electrons. The summed E-state index contributed by atoms with van der Waals surface area (Å²) in [5, 5.41) is 12.4. The van der Waals surface area contributed by atoms with Gasteiger partial charge in [0, 0.05) is 19.4 Å². The Morgan fingerprint density at radius 3 is 2.95 bits per heavy atom. The van der Waals surface area contributed by atoms with Crippen molar-refractivity contribution >= 4 is 5.91 Å². The summed E-state index contributed by atoms with van der Waals surface area (Å²) in [6.07, 6.45) is 4.23. The molecule has 0 bridgehead atoms. The van der Waals surface area contributed by atoms with Crippen LogP contribution in [-0.4, -0.2) is 48.5 Å². The zero-order valence-corrected chi connectivity index (χ0v) is 10.9. The molecule has 2 rings (SSSR count). The maximum atomic E-state index is 12.3. The van der Waals surface area contributed by atoms with Crippen LogP contribution in [0.25, 0.3) is 0 Å². The van der Waals surface area contributed by atoms with Gasteiger partial charge in [0.05, 0.1) is 31.0 Å². The van der Waals surface area contributed by atoms with E-state index in [0.29, 0.717) is 37.4 Å². The van der Waals surface area contributed by atoms with Gasteiger partial charge in [0.25, 0.3) is 5.91 Å². The van der Waals surface area contributed by atoms with E-state index in [0.717, 1.165) is 0 Å². The van der Waals surface area contributed by atoms with E-state index in [9.17, 15) is 9.90 Å². The number of aliphatic hydroxyl groups excluding tert-OH is 1. The van der Waals surface area contributed by atoms with E-state index >= 15 is 0 Å². The van der Waals surface area contributed by atoms with E-state index in [1.165, 1.54) is 19.5 Å². The van der Waals surface area contributed by atoms with Gasteiger partial charge in [-0.1, -0.05) is 0 Å². The third-order valence-corrected chi connectivity index (χ3v) is 3.38. The number of aliphatic hydroxyl groups is 1. The van der Waals surface area contributed by atoms with Gasteiger partial charge in [-0.15, -0.1) is 0 Å². The summed E-state index contributed by atoms with van der Waals surface area (Å²) >= 11 is 0. The van der Waals surface area contributed by atoms with E-state index in [1.807, 2.05) is 0 Å². The van der Waals surface area contributed by atoms with Crippen LogP contribution in [0.2, 0.25) is 0 Å². The minimum atomic E-state index is -0.608. The van der Waals surface area contributed by atoms with E-state index in [4.69, 9.17) is 9.47 Å². The highest BCUT2D eigenvalue weighted by Gasteiger charge is 2.34. The Balaban J connectivity index is 2.15. The molecule has 0 atom stereocenters. The molecule has 0 spiro atoms. The van der Waals surface area contributed by atoms with Crippen LogP contribution in [0.4, 0.5) is 0 Å². The quantitative estimate of drug-likeness (QED) is 0.822. The number of aromatic nitrogens is 1. The largest absolute Gasteiger partial charge is 0.494 e. The van der Waals surface area contributed by atoms with Crippen LogP contribution in [0.5, 0.6) is 5.75 Å². The van der Waals surface area contributed by atoms with Crippen LogP contribution in [0, 0.1) is 0 Å². The van der Waals surface area contributed by atoms with Crippen LogP contribution in [-0.2, 0) is 4.74 Å². The lowest BCUT2D eigenvalue weighted by Crippen LogP contribution is -2.54. The molecule has 1 aromatic heterocycles. The minimum absolute atomic E-state index is 0.102. The standard InChI is InChI=1S/C13H18N2O4/c1-18-11-8-14-5-2-10(11)12(17)15-13(9-16)3-6-19-7-4-13/h2,5,8,16H,3-4,6-7,9H2,1H3,(H,15,17). The zero-order valence-electron chi connectivity index (χ0n) is 10.9. The van der Waals surface area contributed by atoms with Gasteiger partial charge in [0.15, 0.2) is 0 Å². The molecule has 1 fully saturated rings. The van der Waals surface area contributed by atoms with Crippen molar-refractivity contribution in [2.45, 2.75) is 18.4 Å². The van der Waals surface area contributed by atoms with Crippen LogP contribution in [0.3, 0.4) is 0 Å². The highest BCUT2D eigenvalue weighted by atomic mass is 16.5. The monoisotopic (exact) mass is 266 g/mol. The number of amides is 1. The normalized spacial score (nSPS) is 17.8. The molecule has 0 aromatic carbocycles. The number of methoxy groups -OCH3 is 1. The van der Waals surface area contributed by atoms with Gasteiger partial charge < -0.3 is 19.9 Å². The lowest BCUT2D eigenvalue weighted by molar-refractivity contribution is 0.0125. The average molecular weight is 266 g/mol. The Labute approximate surface area is 111 Å². The second kappa shape index (κ2) is 5.99. The molecule has 2 heterocycles. The van der Waals surface area contributed by atoms with Crippen LogP contribution < -0.4 is 10.1 Å². The Morgan fingerprint density at radius 1 is 1.58 bits per heavy atom. The molecule has 0 radical (unpaired) electrons. The summed E-state index contributed by atoms with van der Waals surface area (Å²) in [5.74, 6) is 0.148. The average Bonchev–Trinajstić information content (AvgIpc) is 2.48. The topological polar surface area (TPSA) is 80.7 Å². The molecule has 2 N–H and O–H groups in total. The van der Waals surface area contributed by atoms with E-state index < -0.39 is 5.54 Å². The van der Waals surface area contributed by atoms with Gasteiger partial charge in [-0.25, -0.2) is 0 Å². The molecule has 1 amide bonds. The Kier molecular flexibility index (Phi) is 4.34. The first kappa shape index (κ1) is 13.8. The fourth-order valence-corrected chi connectivity index (χ4v) is 2.12. The van der Waals surface area contributed by atoms with Crippen molar-refractivity contribution in [2.75, 3.05) is 26.9 Å². The highest BCUT2D eigenvalue weighted by molar-refractivity contribution is 5.97. The predicted molar refractivity (Wildman–Crippen MR) is 68.1 cm³/mol. The van der Waals surface area contributed by atoms with Crippen molar-refractivity contribution in [3.05, 3.63) is 24.0 Å². The van der Waals surface area contributed by atoms with Crippen molar-refractivity contribution in [2.24, 2.45) is 0 Å². The molecule has 1 saturated heterocycles. The summed E-state index contributed by atoms with van der Waals surface area (Å²) in [6.45, 7) is 0.970. The fraction of sp³-hybridized carbons (Fsp3) is 0.538. The SMILES string of the molecule is COc1cnccc1C(=O)NC1(CO)CCOCC1. The number of carbonyl (C=O) groups excluding carboxylic acids is 1. The van der Waals surface area contributed by atoms with E-state index in [-0.39, 0.29) is 12.5 Å².